The van der Waals surface area contributed by atoms with Gasteiger partial charge in [0.25, 0.3) is 5.56 Å². The van der Waals surface area contributed by atoms with Gasteiger partial charge in [-0.05, 0) is 54.8 Å². The van der Waals surface area contributed by atoms with Gasteiger partial charge in [-0.3, -0.25) is 18.7 Å². The van der Waals surface area contributed by atoms with E-state index in [4.69, 9.17) is 0 Å². The van der Waals surface area contributed by atoms with Gasteiger partial charge in [0.15, 0.2) is 0 Å². The van der Waals surface area contributed by atoms with Crippen molar-refractivity contribution in [2.45, 2.75) is 26.9 Å². The van der Waals surface area contributed by atoms with E-state index in [0.717, 1.165) is 15.7 Å². The molecule has 144 valence electrons. The maximum Gasteiger partial charge on any atom is 0.331 e. The summed E-state index contributed by atoms with van der Waals surface area (Å²) in [6, 6.07) is 12.5. The number of rotatable bonds is 5. The van der Waals surface area contributed by atoms with Crippen molar-refractivity contribution >= 4 is 11.6 Å². The molecule has 28 heavy (non-hydrogen) atoms. The van der Waals surface area contributed by atoms with Crippen molar-refractivity contribution in [1.29, 1.82) is 0 Å². The molecule has 1 amide bonds. The Balaban J connectivity index is 1.81. The summed E-state index contributed by atoms with van der Waals surface area (Å²) in [5.74, 6) is -0.891. The van der Waals surface area contributed by atoms with E-state index < -0.39 is 29.5 Å². The van der Waals surface area contributed by atoms with Gasteiger partial charge < -0.3 is 5.32 Å². The zero-order chi connectivity index (χ0) is 20.3. The molecule has 3 aromatic rings. The highest BCUT2D eigenvalue weighted by Gasteiger charge is 2.11. The van der Waals surface area contributed by atoms with Gasteiger partial charge >= 0.3 is 5.69 Å². The molecular weight excluding hydrogens is 361 g/mol. The Bertz CT molecular complexity index is 1150. The van der Waals surface area contributed by atoms with E-state index in [1.807, 2.05) is 26.0 Å². The van der Waals surface area contributed by atoms with Crippen molar-refractivity contribution in [1.82, 2.24) is 9.13 Å². The van der Waals surface area contributed by atoms with Crippen LogP contribution in [-0.4, -0.2) is 15.0 Å². The van der Waals surface area contributed by atoms with Crippen LogP contribution in [0, 0.1) is 19.7 Å². The molecule has 0 atom stereocenters. The fraction of sp³-hybridized carbons (Fsp3) is 0.190. The first kappa shape index (κ1) is 19.3. The lowest BCUT2D eigenvalue weighted by molar-refractivity contribution is -0.116. The summed E-state index contributed by atoms with van der Waals surface area (Å²) >= 11 is 0. The molecule has 0 fully saturated rings. The number of halogens is 1. The molecule has 1 aromatic heterocycles. The van der Waals surface area contributed by atoms with Gasteiger partial charge in [-0.1, -0.05) is 18.2 Å². The number of carbonyl (C=O) groups is 1. The molecule has 0 unspecified atom stereocenters. The highest BCUT2D eigenvalue weighted by Crippen LogP contribution is 2.14. The maximum atomic E-state index is 13.4. The molecule has 0 saturated heterocycles. The van der Waals surface area contributed by atoms with Gasteiger partial charge in [-0.2, -0.15) is 0 Å². The second-order valence-corrected chi connectivity index (χ2v) is 6.63. The quantitative estimate of drug-likeness (QED) is 0.738. The van der Waals surface area contributed by atoms with Crippen LogP contribution in [0.1, 0.15) is 16.7 Å². The Morgan fingerprint density at radius 2 is 1.82 bits per heavy atom. The normalized spacial score (nSPS) is 10.7. The van der Waals surface area contributed by atoms with Crippen LogP contribution in [-0.2, 0) is 17.9 Å². The number of nitrogens with one attached hydrogen (secondary N) is 1. The van der Waals surface area contributed by atoms with Crippen molar-refractivity contribution < 1.29 is 9.18 Å². The zero-order valence-corrected chi connectivity index (χ0v) is 15.6. The largest absolute Gasteiger partial charge is 0.331 e. The molecule has 0 radical (unpaired) electrons. The van der Waals surface area contributed by atoms with Gasteiger partial charge in [-0.25, -0.2) is 9.18 Å². The average Bonchev–Trinajstić information content (AvgIpc) is 2.64. The minimum Gasteiger partial charge on any atom is -0.325 e. The van der Waals surface area contributed by atoms with E-state index in [1.165, 1.54) is 29.0 Å². The smallest absolute Gasteiger partial charge is 0.325 e. The molecule has 0 aliphatic heterocycles. The van der Waals surface area contributed by atoms with E-state index >= 15 is 0 Å². The number of aromatic nitrogens is 2. The number of anilines is 1. The van der Waals surface area contributed by atoms with E-state index in [1.54, 1.807) is 18.2 Å². The number of nitrogens with zero attached hydrogens (tertiary/aromatic N) is 2. The first-order chi connectivity index (χ1) is 13.3. The van der Waals surface area contributed by atoms with Gasteiger partial charge in [0.05, 0.1) is 6.54 Å². The van der Waals surface area contributed by atoms with Gasteiger partial charge in [0.1, 0.15) is 12.4 Å². The first-order valence-electron chi connectivity index (χ1n) is 8.75. The van der Waals surface area contributed by atoms with Crippen LogP contribution in [0.25, 0.3) is 0 Å². The summed E-state index contributed by atoms with van der Waals surface area (Å²) in [6.07, 6.45) is 1.34. The fourth-order valence-corrected chi connectivity index (χ4v) is 2.82. The Kier molecular flexibility index (Phi) is 5.54. The van der Waals surface area contributed by atoms with Crippen LogP contribution in [0.4, 0.5) is 10.1 Å². The van der Waals surface area contributed by atoms with Crippen LogP contribution in [0.3, 0.4) is 0 Å². The van der Waals surface area contributed by atoms with E-state index in [2.05, 4.69) is 5.32 Å². The molecule has 3 rings (SSSR count). The molecule has 6 nitrogen and oxygen atoms in total. The second kappa shape index (κ2) is 8.04. The summed E-state index contributed by atoms with van der Waals surface area (Å²) in [7, 11) is 0. The van der Waals surface area contributed by atoms with E-state index in [-0.39, 0.29) is 6.54 Å². The van der Waals surface area contributed by atoms with E-state index in [9.17, 15) is 18.8 Å². The number of amides is 1. The SMILES string of the molecule is Cc1ccc(NC(=O)Cn2c(=O)ccn(Cc3cccc(F)c3)c2=O)cc1C. The Labute approximate surface area is 160 Å². The molecule has 1 heterocycles. The maximum absolute atomic E-state index is 13.4. The summed E-state index contributed by atoms with van der Waals surface area (Å²) in [4.78, 5) is 37.0. The monoisotopic (exact) mass is 381 g/mol. The Hall–Kier alpha value is -3.48. The topological polar surface area (TPSA) is 73.1 Å². The first-order valence-corrected chi connectivity index (χ1v) is 8.75. The molecule has 0 saturated carbocycles. The second-order valence-electron chi connectivity index (χ2n) is 6.63. The third-order valence-electron chi connectivity index (χ3n) is 4.47. The summed E-state index contributed by atoms with van der Waals surface area (Å²) in [5, 5.41) is 2.69. The lowest BCUT2D eigenvalue weighted by Gasteiger charge is -2.11. The molecule has 7 heteroatoms. The minimum atomic E-state index is -0.632. The lowest BCUT2D eigenvalue weighted by Crippen LogP contribution is -2.41. The fourth-order valence-electron chi connectivity index (χ4n) is 2.82. The van der Waals surface area contributed by atoms with E-state index in [0.29, 0.717) is 11.3 Å². The third kappa shape index (κ3) is 4.43. The van der Waals surface area contributed by atoms with Crippen molar-refractivity contribution in [3.8, 4) is 0 Å². The minimum absolute atomic E-state index is 0.0929. The van der Waals surface area contributed by atoms with Crippen LogP contribution >= 0.6 is 0 Å². The summed E-state index contributed by atoms with van der Waals surface area (Å²) < 4.78 is 15.5. The highest BCUT2D eigenvalue weighted by molar-refractivity contribution is 5.90. The van der Waals surface area contributed by atoms with Crippen LogP contribution in [0.5, 0.6) is 0 Å². The molecule has 1 N–H and O–H groups in total. The lowest BCUT2D eigenvalue weighted by atomic mass is 10.1. The summed E-state index contributed by atoms with van der Waals surface area (Å²) in [5.41, 5.74) is 2.08. The average molecular weight is 381 g/mol. The standard InChI is InChI=1S/C21H20FN3O3/c1-14-6-7-18(10-15(14)2)23-19(26)13-25-20(27)8-9-24(21(25)28)12-16-4-3-5-17(22)11-16/h3-11H,12-13H2,1-2H3,(H,23,26). The van der Waals surface area contributed by atoms with Crippen molar-refractivity contribution in [3.63, 3.8) is 0 Å². The highest BCUT2D eigenvalue weighted by atomic mass is 19.1. The molecule has 0 spiro atoms. The van der Waals surface area contributed by atoms with Crippen LogP contribution in [0.15, 0.2) is 64.3 Å². The molecule has 0 aliphatic rings. The van der Waals surface area contributed by atoms with Crippen molar-refractivity contribution in [2.75, 3.05) is 5.32 Å². The van der Waals surface area contributed by atoms with Crippen LogP contribution in [0.2, 0.25) is 0 Å². The predicted octanol–water partition coefficient (Wildman–Crippen LogP) is 2.45. The van der Waals surface area contributed by atoms with Crippen molar-refractivity contribution in [3.05, 3.63) is 98.1 Å². The summed E-state index contributed by atoms with van der Waals surface area (Å²) in [6.45, 7) is 3.58. The Morgan fingerprint density at radius 3 is 2.54 bits per heavy atom. The number of hydrogen-bond donors (Lipinski definition) is 1. The number of benzene rings is 2. The van der Waals surface area contributed by atoms with Crippen molar-refractivity contribution in [2.24, 2.45) is 0 Å². The number of hydrogen-bond acceptors (Lipinski definition) is 3. The third-order valence-corrected chi connectivity index (χ3v) is 4.47. The molecule has 2 aromatic carbocycles. The molecule has 0 bridgehead atoms. The Morgan fingerprint density at radius 1 is 1.04 bits per heavy atom. The van der Waals surface area contributed by atoms with Crippen LogP contribution < -0.4 is 16.6 Å². The number of carbonyl (C=O) groups excluding carboxylic acids is 1. The van der Waals surface area contributed by atoms with Gasteiger partial charge in [-0.15, -0.1) is 0 Å². The molecule has 0 aliphatic carbocycles. The van der Waals surface area contributed by atoms with Gasteiger partial charge in [0.2, 0.25) is 5.91 Å². The zero-order valence-electron chi connectivity index (χ0n) is 15.6. The molecular formula is C21H20FN3O3. The van der Waals surface area contributed by atoms with Gasteiger partial charge in [0, 0.05) is 18.0 Å². The predicted molar refractivity (Wildman–Crippen MR) is 105 cm³/mol. The number of aryl methyl sites for hydroxylation is 2.